The zero-order chi connectivity index (χ0) is 8.10. The van der Waals surface area contributed by atoms with Crippen molar-refractivity contribution in [3.8, 4) is 0 Å². The maximum Gasteiger partial charge on any atom is -0.0273 e. The summed E-state index contributed by atoms with van der Waals surface area (Å²) in [7, 11) is 0. The Morgan fingerprint density at radius 1 is 0.846 bits per heavy atom. The first-order valence-corrected chi connectivity index (χ1v) is 4.53. The molecule has 2 rings (SSSR count). The molecule has 1 aromatic rings. The van der Waals surface area contributed by atoms with E-state index in [9.17, 15) is 0 Å². The van der Waals surface area contributed by atoms with E-state index >= 15 is 0 Å². The first-order valence-electron chi connectivity index (χ1n) is 4.53. The zero-order valence-electron chi connectivity index (χ0n) is 7.43. The van der Waals surface area contributed by atoms with Crippen LogP contribution in [0.25, 0.3) is 0 Å². The summed E-state index contributed by atoms with van der Waals surface area (Å²) >= 11 is 0. The molecular weight excluding hydrogens is 156 g/mol. The van der Waals surface area contributed by atoms with Crippen molar-refractivity contribution in [2.75, 3.05) is 0 Å². The van der Waals surface area contributed by atoms with Gasteiger partial charge < -0.3 is 0 Å². The number of rotatable bonds is 0. The molecule has 76 valence electrons. The van der Waals surface area contributed by atoms with E-state index in [4.69, 9.17) is 0 Å². The van der Waals surface area contributed by atoms with Gasteiger partial charge in [0.1, 0.15) is 0 Å². The average Bonchev–Trinajstić information content (AvgIpc) is 2.55. The van der Waals surface area contributed by atoms with Gasteiger partial charge >= 0.3 is 0 Å². The van der Waals surface area contributed by atoms with Crippen LogP contribution in [-0.2, 0) is 12.8 Å². The van der Waals surface area contributed by atoms with E-state index in [1.807, 2.05) is 13.8 Å². The third kappa shape index (κ3) is 3.63. The normalized spacial score (nSPS) is 11.2. The summed E-state index contributed by atoms with van der Waals surface area (Å²) in [4.78, 5) is 0. The molecule has 0 atom stereocenters. The fourth-order valence-electron chi connectivity index (χ4n) is 1.51. The number of benzene rings is 1. The molecule has 0 spiro atoms. The molecule has 0 N–H and O–H groups in total. The van der Waals surface area contributed by atoms with Gasteiger partial charge in [-0.3, -0.25) is 0 Å². The number of aryl methyl sites for hydroxylation is 2. The van der Waals surface area contributed by atoms with Crippen LogP contribution in [0.4, 0.5) is 0 Å². The Morgan fingerprint density at radius 3 is 1.62 bits per heavy atom. The Hall–Kier alpha value is -0.780. The number of hydrogen-bond acceptors (Lipinski definition) is 0. The van der Waals surface area contributed by atoms with Gasteiger partial charge in [0.2, 0.25) is 0 Å². The van der Waals surface area contributed by atoms with Crippen LogP contribution in [0.1, 0.15) is 46.2 Å². The minimum atomic E-state index is 0. The van der Waals surface area contributed by atoms with E-state index in [-0.39, 0.29) is 14.9 Å². The summed E-state index contributed by atoms with van der Waals surface area (Å²) in [5.41, 5.74) is 3.13. The second-order valence-electron chi connectivity index (χ2n) is 2.62. The Morgan fingerprint density at radius 2 is 1.23 bits per heavy atom. The van der Waals surface area contributed by atoms with E-state index in [0.717, 1.165) is 0 Å². The summed E-state index contributed by atoms with van der Waals surface area (Å²) in [5.74, 6) is 0. The molecule has 0 aromatic heterocycles. The van der Waals surface area contributed by atoms with E-state index in [1.54, 1.807) is 11.1 Å². The topological polar surface area (TPSA) is 0 Å². The van der Waals surface area contributed by atoms with Crippen LogP contribution in [0.5, 0.6) is 0 Å². The molecule has 1 aliphatic rings. The van der Waals surface area contributed by atoms with Crippen LogP contribution in [0.3, 0.4) is 0 Å². The monoisotopic (exact) mass is 180 g/mol. The van der Waals surface area contributed by atoms with Gasteiger partial charge in [-0.05, 0) is 30.4 Å². The van der Waals surface area contributed by atoms with Crippen molar-refractivity contribution in [2.24, 2.45) is 0 Å². The first-order chi connectivity index (χ1) is 5.47. The third-order valence-electron chi connectivity index (χ3n) is 2.01. The summed E-state index contributed by atoms with van der Waals surface area (Å²) < 4.78 is 0. The van der Waals surface area contributed by atoms with Crippen molar-refractivity contribution in [3.63, 3.8) is 0 Å². The summed E-state index contributed by atoms with van der Waals surface area (Å²) in [6, 6.07) is 8.74. The second-order valence-corrected chi connectivity index (χ2v) is 2.62. The van der Waals surface area contributed by atoms with Gasteiger partial charge in [0.15, 0.2) is 0 Å². The highest BCUT2D eigenvalue weighted by Crippen LogP contribution is 2.20. The third-order valence-corrected chi connectivity index (χ3v) is 2.01. The largest absolute Gasteiger partial charge is 0.0776 e. The predicted octanol–water partition coefficient (Wildman–Crippen LogP) is 4.47. The van der Waals surface area contributed by atoms with Crippen LogP contribution in [-0.4, -0.2) is 0 Å². The van der Waals surface area contributed by atoms with Crippen molar-refractivity contribution >= 4 is 0 Å². The standard InChI is InChI=1S/C9H10.C2H6.2CH4/c1-2-5-9-7-3-6-8(9)4-1;1-2;;/h1-2,4-5H,3,6-7H2;1-2H3;2*1H4. The first kappa shape index (κ1) is 14.7. The summed E-state index contributed by atoms with van der Waals surface area (Å²) in [5, 5.41) is 0. The minimum Gasteiger partial charge on any atom is -0.0776 e. The van der Waals surface area contributed by atoms with Crippen molar-refractivity contribution in [2.45, 2.75) is 48.0 Å². The Kier molecular flexibility index (Phi) is 8.89. The lowest BCUT2D eigenvalue weighted by Gasteiger charge is -1.93. The van der Waals surface area contributed by atoms with Crippen LogP contribution in [0.2, 0.25) is 0 Å². The van der Waals surface area contributed by atoms with Crippen LogP contribution < -0.4 is 0 Å². The molecule has 0 nitrogen and oxygen atoms in total. The Bertz CT molecular complexity index is 190. The molecule has 0 radical (unpaired) electrons. The maximum absolute atomic E-state index is 2.24. The van der Waals surface area contributed by atoms with E-state index in [2.05, 4.69) is 24.3 Å². The summed E-state index contributed by atoms with van der Waals surface area (Å²) in [6.07, 6.45) is 3.96. The van der Waals surface area contributed by atoms with Crippen LogP contribution >= 0.6 is 0 Å². The quantitative estimate of drug-likeness (QED) is 0.552. The maximum atomic E-state index is 2.24. The van der Waals surface area contributed by atoms with Crippen molar-refractivity contribution in [3.05, 3.63) is 35.4 Å². The van der Waals surface area contributed by atoms with Crippen molar-refractivity contribution in [1.82, 2.24) is 0 Å². The smallest absolute Gasteiger partial charge is 0.0273 e. The lowest BCUT2D eigenvalue weighted by Crippen LogP contribution is -1.77. The molecule has 0 aliphatic heterocycles. The molecule has 1 aliphatic carbocycles. The SMILES string of the molecule is C.C.CC.c1ccc2c(c1)CCC2. The van der Waals surface area contributed by atoms with Crippen molar-refractivity contribution in [1.29, 1.82) is 0 Å². The molecule has 0 heterocycles. The number of hydrogen-bond donors (Lipinski definition) is 0. The zero-order valence-corrected chi connectivity index (χ0v) is 7.43. The van der Waals surface area contributed by atoms with Gasteiger partial charge in [-0.15, -0.1) is 0 Å². The lowest BCUT2D eigenvalue weighted by molar-refractivity contribution is 0.912. The molecule has 1 aromatic carbocycles. The Balaban J connectivity index is 0. The molecule has 0 fully saturated rings. The van der Waals surface area contributed by atoms with E-state index in [1.165, 1.54) is 19.3 Å². The van der Waals surface area contributed by atoms with Crippen LogP contribution in [0.15, 0.2) is 24.3 Å². The van der Waals surface area contributed by atoms with Gasteiger partial charge in [-0.25, -0.2) is 0 Å². The average molecular weight is 180 g/mol. The highest BCUT2D eigenvalue weighted by atomic mass is 14.1. The highest BCUT2D eigenvalue weighted by molar-refractivity contribution is 5.30. The molecule has 0 heteroatoms. The van der Waals surface area contributed by atoms with Gasteiger partial charge in [0.25, 0.3) is 0 Å². The Labute approximate surface area is 84.0 Å². The second kappa shape index (κ2) is 7.85. The van der Waals surface area contributed by atoms with Gasteiger partial charge in [0, 0.05) is 0 Å². The minimum absolute atomic E-state index is 0. The molecule has 0 saturated carbocycles. The number of fused-ring (bicyclic) bond motifs is 1. The molecule has 0 bridgehead atoms. The summed E-state index contributed by atoms with van der Waals surface area (Å²) in [6.45, 7) is 4.00. The van der Waals surface area contributed by atoms with Gasteiger partial charge in [0.05, 0.1) is 0 Å². The van der Waals surface area contributed by atoms with E-state index < -0.39 is 0 Å². The molecule has 0 saturated heterocycles. The predicted molar refractivity (Wildman–Crippen MR) is 63.3 cm³/mol. The van der Waals surface area contributed by atoms with E-state index in [0.29, 0.717) is 0 Å². The molecule has 0 amide bonds. The fraction of sp³-hybridized carbons (Fsp3) is 0.538. The van der Waals surface area contributed by atoms with Crippen LogP contribution in [0, 0.1) is 0 Å². The molecular formula is C13H24. The van der Waals surface area contributed by atoms with Crippen molar-refractivity contribution < 1.29 is 0 Å². The van der Waals surface area contributed by atoms with Gasteiger partial charge in [-0.1, -0.05) is 53.0 Å². The molecule has 0 unspecified atom stereocenters. The van der Waals surface area contributed by atoms with Gasteiger partial charge in [-0.2, -0.15) is 0 Å². The fourth-order valence-corrected chi connectivity index (χ4v) is 1.51. The highest BCUT2D eigenvalue weighted by Gasteiger charge is 2.07. The lowest BCUT2D eigenvalue weighted by atomic mass is 10.1. The molecule has 13 heavy (non-hydrogen) atoms.